The summed E-state index contributed by atoms with van der Waals surface area (Å²) in [6.07, 6.45) is 13.4. The van der Waals surface area contributed by atoms with Crippen molar-refractivity contribution in [2.45, 2.75) is 25.0 Å². The molecule has 6 rings (SSSR count). The Bertz CT molecular complexity index is 1660. The lowest BCUT2D eigenvalue weighted by Gasteiger charge is -2.24. The van der Waals surface area contributed by atoms with Crippen LogP contribution in [0, 0.1) is 0 Å². The maximum atomic E-state index is 9.59. The molecule has 2 heterocycles. The number of fused-ring (bicyclic) bond motifs is 2. The first-order chi connectivity index (χ1) is 37.7. The highest BCUT2D eigenvalue weighted by Gasteiger charge is 2.20. The lowest BCUT2D eigenvalue weighted by molar-refractivity contribution is -0.105. The maximum absolute atomic E-state index is 9.59. The molecule has 0 spiro atoms. The second-order valence-corrected chi connectivity index (χ2v) is 16.1. The molecule has 2 aliphatic heterocycles. The van der Waals surface area contributed by atoms with Crippen molar-refractivity contribution in [1.82, 2.24) is 0 Å². The quantitative estimate of drug-likeness (QED) is 0.195. The Kier molecular flexibility index (Phi) is 39.4. The second-order valence-electron chi connectivity index (χ2n) is 16.1. The summed E-state index contributed by atoms with van der Waals surface area (Å²) in [5.41, 5.74) is 0. The average Bonchev–Trinajstić information content (AvgIpc) is 3.44. The van der Waals surface area contributed by atoms with Crippen LogP contribution >= 0.6 is 0 Å². The van der Waals surface area contributed by atoms with Crippen molar-refractivity contribution in [2.24, 2.45) is 0 Å². The molecule has 1 N–H and O–H groups in total. The number of phenols is 1. The number of para-hydroxylation sites is 4. The molecule has 0 amide bonds. The zero-order valence-corrected chi connectivity index (χ0v) is 44.5. The Morgan fingerprint density at radius 3 is 1.22 bits per heavy atom. The average molecular weight is 1080 g/mol. The number of methoxy groups -OCH3 is 1. The maximum Gasteiger partial charge on any atom is 0.191 e. The van der Waals surface area contributed by atoms with E-state index in [0.29, 0.717) is 214 Å². The number of benzene rings is 2. The van der Waals surface area contributed by atoms with Crippen molar-refractivity contribution in [2.75, 3.05) is 206 Å². The largest absolute Gasteiger partial charge is 0.504 e. The van der Waals surface area contributed by atoms with Gasteiger partial charge in [0.2, 0.25) is 0 Å². The van der Waals surface area contributed by atoms with E-state index >= 15 is 0 Å². The second kappa shape index (κ2) is 46.7. The van der Waals surface area contributed by atoms with Crippen LogP contribution in [0.2, 0.25) is 0 Å². The van der Waals surface area contributed by atoms with Crippen molar-refractivity contribution in [1.29, 1.82) is 0 Å². The number of aromatic hydroxyl groups is 1. The molecule has 21 nitrogen and oxygen atoms in total. The molecule has 1 saturated heterocycles. The molecule has 1 fully saturated rings. The van der Waals surface area contributed by atoms with E-state index in [9.17, 15) is 5.11 Å². The highest BCUT2D eigenvalue weighted by atomic mass is 16.7. The standard InChI is InChI=1S/C24H34O8.C19H26O7.C12H24O6/c1-2-6-22-21(5-1)29-17-13-25-9-10-27-15-19-31-23-7-3-4-8-24(23)32-20-16-28-12-11-26-14-18-30-22;1-21-14-23-15-26-19-9-5-4-8-18(19)25-13-11-22-10-12-24-17-7-3-2-6-16(17)20;1-2-14-5-6-16-9-10-18-12-11-17-8-7-15-4-3-13-1/h1-8,21-22H,9-20H2;2-3,6-9,20H,4-5,10-15H2,1H3;1-12H2. The Morgan fingerprint density at radius 1 is 0.408 bits per heavy atom. The van der Waals surface area contributed by atoms with Gasteiger partial charge in [0.25, 0.3) is 0 Å². The lowest BCUT2D eigenvalue weighted by Crippen LogP contribution is -2.32. The molecule has 0 radical (unpaired) electrons. The van der Waals surface area contributed by atoms with Crippen LogP contribution in [0.15, 0.2) is 96.5 Å². The van der Waals surface area contributed by atoms with Gasteiger partial charge < -0.3 is 99.8 Å². The minimum atomic E-state index is -0.131. The predicted molar refractivity (Wildman–Crippen MR) is 278 cm³/mol. The molecule has 0 aromatic heterocycles. The third-order valence-corrected chi connectivity index (χ3v) is 10.3. The minimum Gasteiger partial charge on any atom is -0.504 e. The highest BCUT2D eigenvalue weighted by Crippen LogP contribution is 2.27. The van der Waals surface area contributed by atoms with Gasteiger partial charge in [-0.05, 0) is 49.3 Å². The molecular formula is C55H84O21. The van der Waals surface area contributed by atoms with E-state index in [1.165, 1.54) is 0 Å². The fourth-order valence-corrected chi connectivity index (χ4v) is 6.64. The smallest absolute Gasteiger partial charge is 0.191 e. The topological polar surface area (TPSA) is 205 Å². The van der Waals surface area contributed by atoms with E-state index in [1.54, 1.807) is 31.4 Å². The van der Waals surface area contributed by atoms with Crippen molar-refractivity contribution in [3.8, 4) is 23.0 Å². The fraction of sp³-hybridized carbons (Fsp3) is 0.636. The van der Waals surface area contributed by atoms with Gasteiger partial charge in [-0.25, -0.2) is 0 Å². The Labute approximate surface area is 448 Å². The zero-order chi connectivity index (χ0) is 53.3. The third-order valence-electron chi connectivity index (χ3n) is 10.3. The first-order valence-corrected chi connectivity index (χ1v) is 26.2. The number of hydrogen-bond acceptors (Lipinski definition) is 21. The van der Waals surface area contributed by atoms with Crippen LogP contribution in [0.4, 0.5) is 0 Å². The number of phenolic OH excluding ortho intramolecular Hbond substituents is 1. The first kappa shape index (κ1) is 64.1. The van der Waals surface area contributed by atoms with Crippen molar-refractivity contribution >= 4 is 0 Å². The van der Waals surface area contributed by atoms with Crippen LogP contribution in [-0.2, 0) is 80.5 Å². The van der Waals surface area contributed by atoms with E-state index in [-0.39, 0.29) is 31.5 Å². The first-order valence-electron chi connectivity index (χ1n) is 26.2. The number of rotatable bonds is 13. The van der Waals surface area contributed by atoms with Gasteiger partial charge in [-0.2, -0.15) is 0 Å². The number of ether oxygens (including phenoxy) is 20. The van der Waals surface area contributed by atoms with E-state index in [1.807, 2.05) is 60.7 Å². The summed E-state index contributed by atoms with van der Waals surface area (Å²) in [5, 5.41) is 9.59. The van der Waals surface area contributed by atoms with Gasteiger partial charge >= 0.3 is 0 Å². The Balaban J connectivity index is 0.000000256. The molecule has 4 aliphatic rings. The SMILES string of the molecule is C1=CC2OCCOCCOCCOc3ccccc3OCCOCCOCCOC2C=C1.C1COCCOCCOCCOCCOCCO1.COCOCOC1=CCCC=C1OCCOCCOc1ccccc1O. The van der Waals surface area contributed by atoms with Gasteiger partial charge in [-0.15, -0.1) is 0 Å². The molecule has 2 atom stereocenters. The van der Waals surface area contributed by atoms with Crippen LogP contribution in [0.1, 0.15) is 12.8 Å². The molecule has 0 saturated carbocycles. The van der Waals surface area contributed by atoms with Crippen LogP contribution in [0.3, 0.4) is 0 Å². The van der Waals surface area contributed by atoms with Gasteiger partial charge in [-0.3, -0.25) is 0 Å². The van der Waals surface area contributed by atoms with Gasteiger partial charge in [-0.1, -0.05) is 48.6 Å². The Hall–Kier alpha value is -4.40. The molecule has 2 unspecified atom stereocenters. The third kappa shape index (κ3) is 33.0. The van der Waals surface area contributed by atoms with E-state index in [4.69, 9.17) is 94.7 Å². The zero-order valence-electron chi connectivity index (χ0n) is 44.5. The number of hydrogen-bond donors (Lipinski definition) is 1. The summed E-state index contributed by atoms with van der Waals surface area (Å²) in [5.74, 6) is 3.32. The van der Waals surface area contributed by atoms with Crippen molar-refractivity contribution < 1.29 is 99.8 Å². The molecule has 0 bridgehead atoms. The molecule has 2 aromatic carbocycles. The van der Waals surface area contributed by atoms with Gasteiger partial charge in [0.15, 0.2) is 41.3 Å². The normalized spacial score (nSPS) is 21.1. The predicted octanol–water partition coefficient (Wildman–Crippen LogP) is 5.48. The molecule has 21 heteroatoms. The monoisotopic (exact) mass is 1080 g/mol. The summed E-state index contributed by atoms with van der Waals surface area (Å²) in [4.78, 5) is 0. The van der Waals surface area contributed by atoms with Crippen LogP contribution in [0.5, 0.6) is 23.0 Å². The van der Waals surface area contributed by atoms with Gasteiger partial charge in [0, 0.05) is 7.11 Å². The molecule has 2 aliphatic carbocycles. The summed E-state index contributed by atoms with van der Waals surface area (Å²) in [6, 6.07) is 14.4. The van der Waals surface area contributed by atoms with Crippen molar-refractivity contribution in [3.63, 3.8) is 0 Å². The van der Waals surface area contributed by atoms with Crippen molar-refractivity contribution in [3.05, 3.63) is 96.5 Å². The fourth-order valence-electron chi connectivity index (χ4n) is 6.64. The molecule has 2 aromatic rings. The summed E-state index contributed by atoms with van der Waals surface area (Å²) in [6.45, 7) is 14.7. The molecule has 430 valence electrons. The highest BCUT2D eigenvalue weighted by molar-refractivity contribution is 5.39. The van der Waals surface area contributed by atoms with E-state index in [0.717, 1.165) is 12.8 Å². The molecular weight excluding hydrogens is 997 g/mol. The van der Waals surface area contributed by atoms with Gasteiger partial charge in [0.1, 0.15) is 45.4 Å². The van der Waals surface area contributed by atoms with E-state index in [2.05, 4.69) is 0 Å². The van der Waals surface area contributed by atoms with Crippen LogP contribution in [0.25, 0.3) is 0 Å². The van der Waals surface area contributed by atoms with Crippen LogP contribution < -0.4 is 14.2 Å². The summed E-state index contributed by atoms with van der Waals surface area (Å²) in [7, 11) is 1.56. The van der Waals surface area contributed by atoms with Crippen LogP contribution in [-0.4, -0.2) is 223 Å². The summed E-state index contributed by atoms with van der Waals surface area (Å²) >= 11 is 0. The minimum absolute atomic E-state index is 0.112. The lowest BCUT2D eigenvalue weighted by atomic mass is 10.1. The van der Waals surface area contributed by atoms with Gasteiger partial charge in [0.05, 0.1) is 159 Å². The van der Waals surface area contributed by atoms with E-state index < -0.39 is 0 Å². The molecule has 76 heavy (non-hydrogen) atoms. The number of allylic oxidation sites excluding steroid dienone is 4. The summed E-state index contributed by atoms with van der Waals surface area (Å²) < 4.78 is 110. The Morgan fingerprint density at radius 2 is 0.789 bits per heavy atom.